The lowest BCUT2D eigenvalue weighted by Gasteiger charge is -2.18. The molecule has 154 valence electrons. The van der Waals surface area contributed by atoms with Crippen LogP contribution in [0.4, 0.5) is 11.4 Å². The molecule has 6 heteroatoms. The van der Waals surface area contributed by atoms with Crippen molar-refractivity contribution in [1.82, 2.24) is 0 Å². The van der Waals surface area contributed by atoms with Crippen LogP contribution in [0.3, 0.4) is 0 Å². The minimum absolute atomic E-state index is 0.0431. The van der Waals surface area contributed by atoms with Crippen molar-refractivity contribution in [3.05, 3.63) is 59.7 Å². The van der Waals surface area contributed by atoms with Crippen molar-refractivity contribution in [2.24, 2.45) is 0 Å². The third kappa shape index (κ3) is 6.75. The standard InChI is InChI=1S/C23H28N2O4/c1-5-15(2)20-8-6-7-9-21(20)25-23(28)16(3)29-22(27)14-18-10-12-19(13-11-18)24-17(4)26/h6-13,15-16H,5,14H2,1-4H3,(H,24,26)(H,25,28)/t15-,16-/m0/s1. The fourth-order valence-electron chi connectivity index (χ4n) is 2.86. The third-order valence-electron chi connectivity index (χ3n) is 4.66. The second-order valence-electron chi connectivity index (χ2n) is 7.07. The minimum Gasteiger partial charge on any atom is -0.452 e. The van der Waals surface area contributed by atoms with Crippen LogP contribution in [0, 0.1) is 0 Å². The Kier molecular flexibility index (Phi) is 7.95. The summed E-state index contributed by atoms with van der Waals surface area (Å²) in [6.07, 6.45) is 0.0886. The first-order valence-corrected chi connectivity index (χ1v) is 9.76. The predicted octanol–water partition coefficient (Wildman–Crippen LogP) is 4.27. The van der Waals surface area contributed by atoms with Crippen molar-refractivity contribution < 1.29 is 19.1 Å². The number of rotatable bonds is 8. The number of carbonyl (C=O) groups excluding carboxylic acids is 3. The van der Waals surface area contributed by atoms with Crippen LogP contribution in [0.2, 0.25) is 0 Å². The highest BCUT2D eigenvalue weighted by molar-refractivity contribution is 5.96. The van der Waals surface area contributed by atoms with Crippen LogP contribution in [0.15, 0.2) is 48.5 Å². The van der Waals surface area contributed by atoms with E-state index in [-0.39, 0.29) is 18.2 Å². The molecular formula is C23H28N2O4. The second kappa shape index (κ2) is 10.4. The molecule has 0 aliphatic heterocycles. The lowest BCUT2D eigenvalue weighted by molar-refractivity contribution is -0.152. The summed E-state index contributed by atoms with van der Waals surface area (Å²) in [6, 6.07) is 14.5. The van der Waals surface area contributed by atoms with Gasteiger partial charge in [0.25, 0.3) is 5.91 Å². The van der Waals surface area contributed by atoms with E-state index in [0.717, 1.165) is 23.2 Å². The minimum atomic E-state index is -0.911. The van der Waals surface area contributed by atoms with Crippen molar-refractivity contribution >= 4 is 29.2 Å². The van der Waals surface area contributed by atoms with E-state index < -0.39 is 12.1 Å². The molecule has 0 saturated carbocycles. The zero-order valence-electron chi connectivity index (χ0n) is 17.3. The van der Waals surface area contributed by atoms with Crippen molar-refractivity contribution in [2.75, 3.05) is 10.6 Å². The van der Waals surface area contributed by atoms with Crippen LogP contribution < -0.4 is 10.6 Å². The van der Waals surface area contributed by atoms with Crippen molar-refractivity contribution in [3.63, 3.8) is 0 Å². The first kappa shape index (κ1) is 22.1. The summed E-state index contributed by atoms with van der Waals surface area (Å²) < 4.78 is 5.29. The number of benzene rings is 2. The molecule has 0 aliphatic rings. The third-order valence-corrected chi connectivity index (χ3v) is 4.66. The summed E-state index contributed by atoms with van der Waals surface area (Å²) in [5.74, 6) is -0.707. The molecule has 2 rings (SSSR count). The van der Waals surface area contributed by atoms with Crippen LogP contribution in [0.1, 0.15) is 51.2 Å². The smallest absolute Gasteiger partial charge is 0.311 e. The number of anilines is 2. The Morgan fingerprint density at radius 2 is 1.62 bits per heavy atom. The molecule has 2 N–H and O–H groups in total. The van der Waals surface area contributed by atoms with Gasteiger partial charge in [-0.15, -0.1) is 0 Å². The summed E-state index contributed by atoms with van der Waals surface area (Å²) in [7, 11) is 0. The predicted molar refractivity (Wildman–Crippen MR) is 114 cm³/mol. The summed E-state index contributed by atoms with van der Waals surface area (Å²) in [5, 5.41) is 5.53. The molecule has 0 heterocycles. The maximum absolute atomic E-state index is 12.5. The molecule has 2 aromatic carbocycles. The average molecular weight is 396 g/mol. The molecule has 2 amide bonds. The molecule has 0 aromatic heterocycles. The number of carbonyl (C=O) groups is 3. The van der Waals surface area contributed by atoms with Crippen molar-refractivity contribution in [2.45, 2.75) is 52.6 Å². The molecule has 0 aliphatic carbocycles. The number of esters is 1. The number of nitrogens with one attached hydrogen (secondary N) is 2. The zero-order chi connectivity index (χ0) is 21.4. The number of hydrogen-bond donors (Lipinski definition) is 2. The Morgan fingerprint density at radius 3 is 2.24 bits per heavy atom. The quantitative estimate of drug-likeness (QED) is 0.653. The Bertz CT molecular complexity index is 861. The van der Waals surface area contributed by atoms with Gasteiger partial charge >= 0.3 is 5.97 Å². The van der Waals surface area contributed by atoms with Crippen molar-refractivity contribution in [3.8, 4) is 0 Å². The average Bonchev–Trinajstić information content (AvgIpc) is 2.68. The van der Waals surface area contributed by atoms with Gasteiger partial charge in [0, 0.05) is 18.3 Å². The molecular weight excluding hydrogens is 368 g/mol. The van der Waals surface area contributed by atoms with Gasteiger partial charge in [-0.25, -0.2) is 0 Å². The summed E-state index contributed by atoms with van der Waals surface area (Å²) in [5.41, 5.74) is 3.19. The maximum atomic E-state index is 12.5. The highest BCUT2D eigenvalue weighted by atomic mass is 16.5. The van der Waals surface area contributed by atoms with Crippen LogP contribution in [0.25, 0.3) is 0 Å². The van der Waals surface area contributed by atoms with Gasteiger partial charge in [-0.3, -0.25) is 14.4 Å². The normalized spacial score (nSPS) is 12.6. The molecule has 2 atom stereocenters. The van der Waals surface area contributed by atoms with E-state index in [0.29, 0.717) is 11.6 Å². The first-order valence-electron chi connectivity index (χ1n) is 9.76. The van der Waals surface area contributed by atoms with E-state index in [2.05, 4.69) is 24.5 Å². The Labute approximate surface area is 171 Å². The van der Waals surface area contributed by atoms with Gasteiger partial charge in [0.1, 0.15) is 0 Å². The molecule has 0 saturated heterocycles. The fourth-order valence-corrected chi connectivity index (χ4v) is 2.86. The SMILES string of the molecule is CC[C@H](C)c1ccccc1NC(=O)[C@H](C)OC(=O)Cc1ccc(NC(C)=O)cc1. The monoisotopic (exact) mass is 396 g/mol. The highest BCUT2D eigenvalue weighted by Gasteiger charge is 2.20. The zero-order valence-corrected chi connectivity index (χ0v) is 17.3. The Balaban J connectivity index is 1.92. The molecule has 29 heavy (non-hydrogen) atoms. The first-order chi connectivity index (χ1) is 13.8. The van der Waals surface area contributed by atoms with E-state index in [9.17, 15) is 14.4 Å². The summed E-state index contributed by atoms with van der Waals surface area (Å²) in [4.78, 5) is 35.7. The number of para-hydroxylation sites is 1. The van der Waals surface area contributed by atoms with Crippen LogP contribution in [-0.2, 0) is 25.5 Å². The van der Waals surface area contributed by atoms with Crippen molar-refractivity contribution in [1.29, 1.82) is 0 Å². The summed E-state index contributed by atoms with van der Waals surface area (Å²) in [6.45, 7) is 7.18. The van der Waals surface area contributed by atoms with E-state index in [1.165, 1.54) is 6.92 Å². The largest absolute Gasteiger partial charge is 0.452 e. The number of amides is 2. The van der Waals surface area contributed by atoms with Gasteiger partial charge < -0.3 is 15.4 Å². The number of hydrogen-bond acceptors (Lipinski definition) is 4. The molecule has 0 radical (unpaired) electrons. The van der Waals surface area contributed by atoms with E-state index >= 15 is 0 Å². The second-order valence-corrected chi connectivity index (χ2v) is 7.07. The number of ether oxygens (including phenoxy) is 1. The van der Waals surface area contributed by atoms with E-state index in [1.807, 2.05) is 24.3 Å². The molecule has 2 aromatic rings. The Morgan fingerprint density at radius 1 is 0.966 bits per heavy atom. The molecule has 0 bridgehead atoms. The lowest BCUT2D eigenvalue weighted by Crippen LogP contribution is -2.30. The molecule has 6 nitrogen and oxygen atoms in total. The van der Waals surface area contributed by atoms with Gasteiger partial charge in [0.15, 0.2) is 6.10 Å². The van der Waals surface area contributed by atoms with E-state index in [1.54, 1.807) is 31.2 Å². The van der Waals surface area contributed by atoms with E-state index in [4.69, 9.17) is 4.74 Å². The highest BCUT2D eigenvalue weighted by Crippen LogP contribution is 2.26. The topological polar surface area (TPSA) is 84.5 Å². The van der Waals surface area contributed by atoms with Crippen LogP contribution >= 0.6 is 0 Å². The van der Waals surface area contributed by atoms with Gasteiger partial charge in [-0.1, -0.05) is 44.2 Å². The van der Waals surface area contributed by atoms with Crippen LogP contribution in [0.5, 0.6) is 0 Å². The van der Waals surface area contributed by atoms with Gasteiger partial charge in [0.2, 0.25) is 5.91 Å². The maximum Gasteiger partial charge on any atom is 0.311 e. The van der Waals surface area contributed by atoms with Gasteiger partial charge in [-0.2, -0.15) is 0 Å². The molecule has 0 spiro atoms. The van der Waals surface area contributed by atoms with Gasteiger partial charge in [0.05, 0.1) is 6.42 Å². The Hall–Kier alpha value is -3.15. The molecule has 0 fully saturated rings. The van der Waals surface area contributed by atoms with Crippen LogP contribution in [-0.4, -0.2) is 23.9 Å². The summed E-state index contributed by atoms with van der Waals surface area (Å²) >= 11 is 0. The fraction of sp³-hybridized carbons (Fsp3) is 0.348. The lowest BCUT2D eigenvalue weighted by atomic mass is 9.97. The molecule has 0 unspecified atom stereocenters. The van der Waals surface area contributed by atoms with Gasteiger partial charge in [-0.05, 0) is 48.6 Å².